The van der Waals surface area contributed by atoms with E-state index in [0.717, 1.165) is 30.2 Å². The Morgan fingerprint density at radius 3 is 3.00 bits per heavy atom. The van der Waals surface area contributed by atoms with Crippen LogP contribution in [0.1, 0.15) is 38.2 Å². The maximum atomic E-state index is 12.2. The minimum atomic E-state index is -0.226. The molecule has 128 valence electrons. The van der Waals surface area contributed by atoms with Gasteiger partial charge in [0.15, 0.2) is 0 Å². The summed E-state index contributed by atoms with van der Waals surface area (Å²) in [5.41, 5.74) is 1.07. The van der Waals surface area contributed by atoms with Gasteiger partial charge in [-0.3, -0.25) is 9.59 Å². The van der Waals surface area contributed by atoms with Crippen molar-refractivity contribution < 1.29 is 9.90 Å². The fourth-order valence-corrected chi connectivity index (χ4v) is 3.56. The van der Waals surface area contributed by atoms with Gasteiger partial charge in [0.1, 0.15) is 0 Å². The van der Waals surface area contributed by atoms with E-state index in [1.165, 1.54) is 0 Å². The first-order chi connectivity index (χ1) is 11.5. The van der Waals surface area contributed by atoms with Gasteiger partial charge in [0.25, 0.3) is 5.56 Å². The number of para-hydroxylation sites is 1. The van der Waals surface area contributed by atoms with Crippen LogP contribution in [-0.4, -0.2) is 28.6 Å². The number of aliphatic hydroxyl groups is 1. The van der Waals surface area contributed by atoms with Crippen LogP contribution in [0.25, 0.3) is 10.9 Å². The lowest BCUT2D eigenvalue weighted by Crippen LogP contribution is -2.44. The third kappa shape index (κ3) is 3.36. The van der Waals surface area contributed by atoms with Crippen LogP contribution < -0.4 is 10.9 Å². The summed E-state index contributed by atoms with van der Waals surface area (Å²) in [6.45, 7) is 2.10. The van der Waals surface area contributed by atoms with Crippen molar-refractivity contribution in [3.8, 4) is 0 Å². The molecule has 1 aliphatic carbocycles. The molecule has 0 saturated heterocycles. The van der Waals surface area contributed by atoms with Crippen molar-refractivity contribution in [3.05, 3.63) is 46.2 Å². The Kier molecular flexibility index (Phi) is 4.71. The van der Waals surface area contributed by atoms with Crippen LogP contribution in [0.15, 0.2) is 35.1 Å². The molecule has 0 spiro atoms. The highest BCUT2D eigenvalue weighted by Gasteiger charge is 2.38. The first-order valence-electron chi connectivity index (χ1n) is 8.53. The lowest BCUT2D eigenvalue weighted by molar-refractivity contribution is -0.122. The number of aryl methyl sites for hydroxylation is 1. The highest BCUT2D eigenvalue weighted by atomic mass is 16.3. The molecule has 5 nitrogen and oxygen atoms in total. The van der Waals surface area contributed by atoms with Crippen molar-refractivity contribution in [1.82, 2.24) is 10.3 Å². The minimum Gasteiger partial charge on any atom is -0.396 e. The molecule has 1 saturated carbocycles. The summed E-state index contributed by atoms with van der Waals surface area (Å²) in [7, 11) is 0. The van der Waals surface area contributed by atoms with Crippen LogP contribution in [0.5, 0.6) is 0 Å². The second-order valence-electron chi connectivity index (χ2n) is 7.04. The summed E-state index contributed by atoms with van der Waals surface area (Å²) >= 11 is 0. The van der Waals surface area contributed by atoms with E-state index >= 15 is 0 Å². The molecule has 1 aromatic heterocycles. The molecule has 0 radical (unpaired) electrons. The number of rotatable bonds is 5. The van der Waals surface area contributed by atoms with Gasteiger partial charge in [-0.25, -0.2) is 0 Å². The maximum Gasteiger partial charge on any atom is 0.251 e. The molecule has 2 unspecified atom stereocenters. The van der Waals surface area contributed by atoms with Gasteiger partial charge in [0, 0.05) is 29.0 Å². The van der Waals surface area contributed by atoms with E-state index in [-0.39, 0.29) is 36.0 Å². The molecular weight excluding hydrogens is 304 g/mol. The molecule has 1 aliphatic rings. The molecule has 2 atom stereocenters. The SMILES string of the molecule is CC1(CO)CCCC1NC(=O)CCc1cc2ccccc2[nH]c1=O. The number of aromatic nitrogens is 1. The largest absolute Gasteiger partial charge is 0.396 e. The number of amides is 1. The standard InChI is InChI=1S/C19H24N2O3/c1-19(12-22)10-4-7-16(19)21-17(23)9-8-14-11-13-5-2-3-6-15(13)20-18(14)24/h2-3,5-6,11,16,22H,4,7-10,12H2,1H3,(H,20,24)(H,21,23). The Hall–Kier alpha value is -2.14. The maximum absolute atomic E-state index is 12.2. The lowest BCUT2D eigenvalue weighted by Gasteiger charge is -2.30. The zero-order valence-electron chi connectivity index (χ0n) is 14.0. The van der Waals surface area contributed by atoms with Gasteiger partial charge in [0.2, 0.25) is 5.91 Å². The van der Waals surface area contributed by atoms with Crippen LogP contribution in [0.2, 0.25) is 0 Å². The molecule has 1 fully saturated rings. The van der Waals surface area contributed by atoms with Gasteiger partial charge in [-0.05, 0) is 36.8 Å². The number of H-pyrrole nitrogens is 1. The summed E-state index contributed by atoms with van der Waals surface area (Å²) in [4.78, 5) is 27.2. The molecule has 24 heavy (non-hydrogen) atoms. The van der Waals surface area contributed by atoms with E-state index in [1.54, 1.807) is 0 Å². The van der Waals surface area contributed by atoms with Crippen molar-refractivity contribution in [3.63, 3.8) is 0 Å². The van der Waals surface area contributed by atoms with E-state index in [9.17, 15) is 14.7 Å². The summed E-state index contributed by atoms with van der Waals surface area (Å²) in [6, 6.07) is 9.49. The Morgan fingerprint density at radius 2 is 2.21 bits per heavy atom. The molecule has 2 aromatic rings. The van der Waals surface area contributed by atoms with Crippen LogP contribution >= 0.6 is 0 Å². The number of nitrogens with one attached hydrogen (secondary N) is 2. The van der Waals surface area contributed by atoms with Crippen molar-refractivity contribution >= 4 is 16.8 Å². The summed E-state index contributed by atoms with van der Waals surface area (Å²) in [6.07, 6.45) is 3.54. The smallest absolute Gasteiger partial charge is 0.251 e. The molecule has 3 N–H and O–H groups in total. The molecule has 0 bridgehead atoms. The van der Waals surface area contributed by atoms with Crippen molar-refractivity contribution in [1.29, 1.82) is 0 Å². The second-order valence-corrected chi connectivity index (χ2v) is 7.04. The monoisotopic (exact) mass is 328 g/mol. The van der Waals surface area contributed by atoms with E-state index in [0.29, 0.717) is 12.0 Å². The van der Waals surface area contributed by atoms with Crippen molar-refractivity contribution in [2.24, 2.45) is 5.41 Å². The number of hydrogen-bond acceptors (Lipinski definition) is 3. The normalized spacial score (nSPS) is 23.5. The fourth-order valence-electron chi connectivity index (χ4n) is 3.56. The number of carbonyl (C=O) groups is 1. The molecule has 5 heteroatoms. The lowest BCUT2D eigenvalue weighted by atomic mass is 9.85. The number of carbonyl (C=O) groups excluding carboxylic acids is 1. The molecule has 1 aromatic carbocycles. The Morgan fingerprint density at radius 1 is 1.42 bits per heavy atom. The summed E-state index contributed by atoms with van der Waals surface area (Å²) < 4.78 is 0. The number of benzene rings is 1. The third-order valence-corrected chi connectivity index (χ3v) is 5.23. The Labute approximate surface area is 141 Å². The topological polar surface area (TPSA) is 82.2 Å². The van der Waals surface area contributed by atoms with Crippen LogP contribution in [0, 0.1) is 5.41 Å². The average Bonchev–Trinajstić information content (AvgIpc) is 2.94. The van der Waals surface area contributed by atoms with Crippen LogP contribution in [0.4, 0.5) is 0 Å². The summed E-state index contributed by atoms with van der Waals surface area (Å²) in [5.74, 6) is -0.0610. The first kappa shape index (κ1) is 16.7. The quantitative estimate of drug-likeness (QED) is 0.786. The van der Waals surface area contributed by atoms with Gasteiger partial charge in [-0.15, -0.1) is 0 Å². The third-order valence-electron chi connectivity index (χ3n) is 5.23. The average molecular weight is 328 g/mol. The molecule has 0 aliphatic heterocycles. The van der Waals surface area contributed by atoms with Crippen molar-refractivity contribution in [2.45, 2.75) is 45.1 Å². The molecule has 1 heterocycles. The van der Waals surface area contributed by atoms with Gasteiger partial charge in [-0.1, -0.05) is 31.5 Å². The zero-order chi connectivity index (χ0) is 17.2. The van der Waals surface area contributed by atoms with E-state index in [1.807, 2.05) is 37.3 Å². The van der Waals surface area contributed by atoms with E-state index in [2.05, 4.69) is 10.3 Å². The predicted octanol–water partition coefficient (Wildman–Crippen LogP) is 2.13. The Bertz CT molecular complexity index is 799. The second kappa shape index (κ2) is 6.77. The molecular formula is C19H24N2O3. The van der Waals surface area contributed by atoms with Crippen molar-refractivity contribution in [2.75, 3.05) is 6.61 Å². The highest BCUT2D eigenvalue weighted by molar-refractivity contribution is 5.79. The number of hydrogen-bond donors (Lipinski definition) is 3. The number of aromatic amines is 1. The molecule has 1 amide bonds. The fraction of sp³-hybridized carbons (Fsp3) is 0.474. The van der Waals surface area contributed by atoms with Gasteiger partial charge >= 0.3 is 0 Å². The van der Waals surface area contributed by atoms with Crippen LogP contribution in [-0.2, 0) is 11.2 Å². The van der Waals surface area contributed by atoms with E-state index < -0.39 is 0 Å². The van der Waals surface area contributed by atoms with E-state index in [4.69, 9.17) is 0 Å². The van der Waals surface area contributed by atoms with Crippen LogP contribution in [0.3, 0.4) is 0 Å². The molecule has 3 rings (SSSR count). The Balaban J connectivity index is 1.64. The number of aliphatic hydroxyl groups excluding tert-OH is 1. The van der Waals surface area contributed by atoms with Gasteiger partial charge < -0.3 is 15.4 Å². The predicted molar refractivity (Wildman–Crippen MR) is 93.9 cm³/mol. The summed E-state index contributed by atoms with van der Waals surface area (Å²) in [5, 5.41) is 13.6. The van der Waals surface area contributed by atoms with Gasteiger partial charge in [0.05, 0.1) is 6.61 Å². The van der Waals surface area contributed by atoms with Gasteiger partial charge in [-0.2, -0.15) is 0 Å². The highest BCUT2D eigenvalue weighted by Crippen LogP contribution is 2.37. The zero-order valence-corrected chi connectivity index (χ0v) is 14.0. The minimum absolute atomic E-state index is 0.0184. The first-order valence-corrected chi connectivity index (χ1v) is 8.53. The number of pyridine rings is 1. The number of fused-ring (bicyclic) bond motifs is 1.